The molecular weight excluding hydrogens is 109 g/mol. The van der Waals surface area contributed by atoms with Gasteiger partial charge in [-0.1, -0.05) is 0 Å². The molecule has 0 bridgehead atoms. The van der Waals surface area contributed by atoms with Gasteiger partial charge in [0.1, 0.15) is 0 Å². The summed E-state index contributed by atoms with van der Waals surface area (Å²) in [5, 5.41) is 10.0. The Morgan fingerprint density at radius 1 is 1.22 bits per heavy atom. The Kier molecular flexibility index (Phi) is 5.62. The Hall–Kier alpha value is 0.517. The van der Waals surface area contributed by atoms with Gasteiger partial charge in [0.2, 0.25) is 0 Å². The molecule has 0 radical (unpaired) electrons. The molecular formula is C6H12LiNO. The Morgan fingerprint density at radius 3 is 2.22 bits per heavy atom. The summed E-state index contributed by atoms with van der Waals surface area (Å²) in [5.41, 5.74) is 0. The van der Waals surface area contributed by atoms with Crippen LogP contribution in [0.4, 0.5) is 0 Å². The molecule has 0 N–H and O–H groups in total. The summed E-state index contributed by atoms with van der Waals surface area (Å²) in [6, 6.07) is 0. The van der Waals surface area contributed by atoms with Crippen LogP contribution >= 0.6 is 0 Å². The van der Waals surface area contributed by atoms with Crippen LogP contribution in [0.15, 0.2) is 0 Å². The smallest absolute Gasteiger partial charge is 0.854 e. The van der Waals surface area contributed by atoms with Gasteiger partial charge in [0, 0.05) is 0 Å². The first-order chi connectivity index (χ1) is 3.93. The van der Waals surface area contributed by atoms with Crippen LogP contribution in [0.2, 0.25) is 0 Å². The molecule has 1 aliphatic heterocycles. The molecule has 0 aromatic carbocycles. The molecule has 3 heteroatoms. The predicted molar refractivity (Wildman–Crippen MR) is 30.5 cm³/mol. The van der Waals surface area contributed by atoms with E-state index < -0.39 is 0 Å². The van der Waals surface area contributed by atoms with E-state index in [1.807, 2.05) is 0 Å². The molecule has 0 aromatic heterocycles. The van der Waals surface area contributed by atoms with E-state index in [0.29, 0.717) is 0 Å². The van der Waals surface area contributed by atoms with E-state index in [2.05, 4.69) is 4.90 Å². The molecule has 1 heterocycles. The topological polar surface area (TPSA) is 26.3 Å². The second-order valence-corrected chi connectivity index (χ2v) is 2.25. The van der Waals surface area contributed by atoms with E-state index in [1.54, 1.807) is 0 Å². The van der Waals surface area contributed by atoms with E-state index in [1.165, 1.54) is 12.8 Å². The average molecular weight is 121 g/mol. The van der Waals surface area contributed by atoms with Gasteiger partial charge in [-0.15, -0.1) is 6.61 Å². The van der Waals surface area contributed by atoms with Crippen LogP contribution in [0.3, 0.4) is 0 Å². The molecule has 2 nitrogen and oxygen atoms in total. The van der Waals surface area contributed by atoms with Crippen molar-refractivity contribution < 1.29 is 24.0 Å². The van der Waals surface area contributed by atoms with Crippen molar-refractivity contribution in [1.29, 1.82) is 0 Å². The van der Waals surface area contributed by atoms with E-state index >= 15 is 0 Å². The number of hydrogen-bond donors (Lipinski definition) is 0. The van der Waals surface area contributed by atoms with Gasteiger partial charge in [0.15, 0.2) is 0 Å². The van der Waals surface area contributed by atoms with E-state index in [4.69, 9.17) is 0 Å². The molecule has 48 valence electrons. The summed E-state index contributed by atoms with van der Waals surface area (Å²) in [5.74, 6) is 0. The van der Waals surface area contributed by atoms with Crippen molar-refractivity contribution in [3.05, 3.63) is 0 Å². The van der Waals surface area contributed by atoms with Crippen LogP contribution in [0.25, 0.3) is 0 Å². The fraction of sp³-hybridized carbons (Fsp3) is 1.00. The standard InChI is InChI=1S/C6H12NO.Li/c8-6-5-7-3-1-2-4-7;/h1-6H2;/q-1;+1. The molecule has 0 aromatic rings. The SMILES string of the molecule is [Li+].[O-]CCN1CCCC1. The van der Waals surface area contributed by atoms with Crippen molar-refractivity contribution >= 4 is 0 Å². The predicted octanol–water partition coefficient (Wildman–Crippen LogP) is -3.55. The summed E-state index contributed by atoms with van der Waals surface area (Å²) in [4.78, 5) is 2.23. The Labute approximate surface area is 68.4 Å². The van der Waals surface area contributed by atoms with Crippen LogP contribution in [0.1, 0.15) is 12.8 Å². The molecule has 0 unspecified atom stereocenters. The second kappa shape index (κ2) is 5.31. The molecule has 0 amide bonds. The van der Waals surface area contributed by atoms with Crippen molar-refractivity contribution in [1.82, 2.24) is 4.90 Å². The summed E-state index contributed by atoms with van der Waals surface area (Å²) in [6.07, 6.45) is 2.58. The maximum atomic E-state index is 10.0. The zero-order valence-corrected chi connectivity index (χ0v) is 6.10. The summed E-state index contributed by atoms with van der Waals surface area (Å²) < 4.78 is 0. The third kappa shape index (κ3) is 3.27. The monoisotopic (exact) mass is 121 g/mol. The van der Waals surface area contributed by atoms with Gasteiger partial charge in [-0.25, -0.2) is 0 Å². The Morgan fingerprint density at radius 2 is 1.78 bits per heavy atom. The number of likely N-dealkylation sites (tertiary alicyclic amines) is 1. The van der Waals surface area contributed by atoms with E-state index in [0.717, 1.165) is 19.6 Å². The molecule has 0 atom stereocenters. The molecule has 1 saturated heterocycles. The number of nitrogens with zero attached hydrogens (tertiary/aromatic N) is 1. The van der Waals surface area contributed by atoms with Crippen molar-refractivity contribution in [2.75, 3.05) is 26.2 Å². The fourth-order valence-corrected chi connectivity index (χ4v) is 1.14. The molecule has 0 aliphatic carbocycles. The van der Waals surface area contributed by atoms with Crippen LogP contribution in [-0.2, 0) is 0 Å². The van der Waals surface area contributed by atoms with Gasteiger partial charge in [-0.2, -0.15) is 0 Å². The molecule has 1 fully saturated rings. The van der Waals surface area contributed by atoms with E-state index in [9.17, 15) is 5.11 Å². The normalized spacial score (nSPS) is 19.7. The van der Waals surface area contributed by atoms with E-state index in [-0.39, 0.29) is 25.5 Å². The first-order valence-corrected chi connectivity index (χ1v) is 3.24. The minimum atomic E-state index is 0. The van der Waals surface area contributed by atoms with Crippen LogP contribution in [0, 0.1) is 0 Å². The first kappa shape index (κ1) is 9.52. The Balaban J connectivity index is 0.000000640. The summed E-state index contributed by atoms with van der Waals surface area (Å²) >= 11 is 0. The second-order valence-electron chi connectivity index (χ2n) is 2.25. The zero-order valence-electron chi connectivity index (χ0n) is 6.10. The van der Waals surface area contributed by atoms with Gasteiger partial charge >= 0.3 is 18.9 Å². The fourth-order valence-electron chi connectivity index (χ4n) is 1.14. The van der Waals surface area contributed by atoms with Gasteiger partial charge in [-0.05, 0) is 32.5 Å². The van der Waals surface area contributed by atoms with Crippen LogP contribution in [0.5, 0.6) is 0 Å². The molecule has 1 rings (SSSR count). The third-order valence-electron chi connectivity index (χ3n) is 1.61. The van der Waals surface area contributed by atoms with Crippen LogP contribution in [-0.4, -0.2) is 31.1 Å². The van der Waals surface area contributed by atoms with Crippen molar-refractivity contribution in [2.45, 2.75) is 12.8 Å². The molecule has 0 saturated carbocycles. The maximum Gasteiger partial charge on any atom is 1.00 e. The zero-order chi connectivity index (χ0) is 5.82. The van der Waals surface area contributed by atoms with Gasteiger partial charge < -0.3 is 10.0 Å². The van der Waals surface area contributed by atoms with Crippen molar-refractivity contribution in [2.24, 2.45) is 0 Å². The number of hydrogen-bond acceptors (Lipinski definition) is 2. The molecule has 0 spiro atoms. The van der Waals surface area contributed by atoms with Gasteiger partial charge in [0.25, 0.3) is 0 Å². The van der Waals surface area contributed by atoms with Crippen molar-refractivity contribution in [3.8, 4) is 0 Å². The third-order valence-corrected chi connectivity index (χ3v) is 1.61. The van der Waals surface area contributed by atoms with Gasteiger partial charge in [-0.3, -0.25) is 0 Å². The molecule has 9 heavy (non-hydrogen) atoms. The van der Waals surface area contributed by atoms with Crippen LogP contribution < -0.4 is 24.0 Å². The summed E-state index contributed by atoms with van der Waals surface area (Å²) in [7, 11) is 0. The Bertz CT molecular complexity index is 64.1. The average Bonchev–Trinajstić information content (AvgIpc) is 2.19. The minimum Gasteiger partial charge on any atom is -0.854 e. The number of rotatable bonds is 2. The quantitative estimate of drug-likeness (QED) is 0.353. The minimum absolute atomic E-state index is 0. The largest absolute Gasteiger partial charge is 1.00 e. The first-order valence-electron chi connectivity index (χ1n) is 3.24. The molecule has 1 aliphatic rings. The summed E-state index contributed by atoms with van der Waals surface area (Å²) in [6.45, 7) is 3.14. The van der Waals surface area contributed by atoms with Crippen molar-refractivity contribution in [3.63, 3.8) is 0 Å². The van der Waals surface area contributed by atoms with Gasteiger partial charge in [0.05, 0.1) is 0 Å². The maximum absolute atomic E-state index is 10.0.